The highest BCUT2D eigenvalue weighted by Crippen LogP contribution is 2.52. The number of aromatic nitrogens is 4. The fourth-order valence-corrected chi connectivity index (χ4v) is 5.77. The van der Waals surface area contributed by atoms with Crippen molar-refractivity contribution < 1.29 is 14.3 Å². The molecule has 1 aliphatic heterocycles. The number of nitrogens with one attached hydrogen (secondary N) is 2. The molecule has 35 heavy (non-hydrogen) atoms. The van der Waals surface area contributed by atoms with E-state index in [1.807, 2.05) is 32.9 Å². The van der Waals surface area contributed by atoms with Crippen molar-refractivity contribution in [2.45, 2.75) is 51.7 Å². The monoisotopic (exact) mass is 541 g/mol. The van der Waals surface area contributed by atoms with E-state index in [4.69, 9.17) is 10.5 Å². The Morgan fingerprint density at radius 2 is 1.94 bits per heavy atom. The van der Waals surface area contributed by atoms with Gasteiger partial charge in [-0.2, -0.15) is 5.10 Å². The second kappa shape index (κ2) is 8.47. The summed E-state index contributed by atoms with van der Waals surface area (Å²) in [6, 6.07) is 8.18. The molecule has 0 radical (unpaired) electrons. The number of anilines is 1. The first-order valence-corrected chi connectivity index (χ1v) is 12.4. The molecule has 1 aliphatic carbocycles. The zero-order valence-electron chi connectivity index (χ0n) is 19.9. The van der Waals surface area contributed by atoms with Crippen molar-refractivity contribution in [1.29, 1.82) is 0 Å². The van der Waals surface area contributed by atoms with E-state index in [0.29, 0.717) is 21.6 Å². The molecule has 0 unspecified atom stereocenters. The summed E-state index contributed by atoms with van der Waals surface area (Å²) in [7, 11) is 0. The van der Waals surface area contributed by atoms with Crippen LogP contribution in [0.3, 0.4) is 0 Å². The number of piperidine rings is 1. The van der Waals surface area contributed by atoms with Crippen LogP contribution in [-0.4, -0.2) is 50.9 Å². The van der Waals surface area contributed by atoms with E-state index in [2.05, 4.69) is 58.4 Å². The molecular weight excluding hydrogens is 514 g/mol. The van der Waals surface area contributed by atoms with Gasteiger partial charge >= 0.3 is 6.09 Å². The number of H-pyrrole nitrogens is 1. The minimum absolute atomic E-state index is 0.118. The molecule has 3 heterocycles. The summed E-state index contributed by atoms with van der Waals surface area (Å²) >= 11 is 3.51. The molecule has 1 saturated heterocycles. The average Bonchev–Trinajstić information content (AvgIpc) is 3.32. The van der Waals surface area contributed by atoms with Crippen LogP contribution in [0.15, 0.2) is 28.9 Å². The lowest BCUT2D eigenvalue weighted by Crippen LogP contribution is -2.48. The van der Waals surface area contributed by atoms with Crippen LogP contribution in [0.5, 0.6) is 0 Å². The number of hydrogen-bond acceptors (Lipinski definition) is 7. The quantitative estimate of drug-likeness (QED) is 0.460. The van der Waals surface area contributed by atoms with Crippen LogP contribution < -0.4 is 16.0 Å². The number of benzene rings is 1. The van der Waals surface area contributed by atoms with Gasteiger partial charge in [-0.05, 0) is 67.1 Å². The van der Waals surface area contributed by atoms with E-state index in [-0.39, 0.29) is 17.2 Å². The molecular formula is C24H28BrN7O3. The molecule has 1 fully saturated rings. The Balaban J connectivity index is 1.39. The lowest BCUT2D eigenvalue weighted by atomic mass is 9.72. The Bertz CT molecular complexity index is 1310. The van der Waals surface area contributed by atoms with Crippen molar-refractivity contribution in [1.82, 2.24) is 25.5 Å². The van der Waals surface area contributed by atoms with Gasteiger partial charge in [-0.1, -0.05) is 24.3 Å². The van der Waals surface area contributed by atoms with Gasteiger partial charge in [0, 0.05) is 18.5 Å². The van der Waals surface area contributed by atoms with E-state index in [0.717, 1.165) is 37.9 Å². The van der Waals surface area contributed by atoms with E-state index in [1.54, 1.807) is 0 Å². The standard InChI is InChI=1S/C24H28BrN7O3/c1-23(2,3)35-22(34)28-17-14-7-5-4-6-13(14)12-24(17)8-10-32(11-9-24)21-18(25)27-16-15(19(26)33)30-31-20(16)29-21/h4-7,17H,8-12H2,1-3H3,(H2,26,33)(H,28,34)(H,29,30,31)/t17-/m1/s1. The second-order valence-electron chi connectivity index (χ2n) is 10.3. The third-order valence-corrected chi connectivity index (χ3v) is 7.35. The maximum atomic E-state index is 12.7. The van der Waals surface area contributed by atoms with Crippen molar-refractivity contribution >= 4 is 44.9 Å². The molecule has 5 rings (SSSR count). The number of fused-ring (bicyclic) bond motifs is 2. The zero-order chi connectivity index (χ0) is 25.0. The second-order valence-corrected chi connectivity index (χ2v) is 11.0. The van der Waals surface area contributed by atoms with Gasteiger partial charge in [0.05, 0.1) is 6.04 Å². The first-order chi connectivity index (χ1) is 16.6. The largest absolute Gasteiger partial charge is 0.444 e. The van der Waals surface area contributed by atoms with Crippen LogP contribution in [0.1, 0.15) is 61.3 Å². The van der Waals surface area contributed by atoms with Crippen molar-refractivity contribution in [2.75, 3.05) is 18.0 Å². The van der Waals surface area contributed by atoms with Gasteiger partial charge in [0.15, 0.2) is 11.5 Å². The topological polar surface area (TPSA) is 139 Å². The van der Waals surface area contributed by atoms with Crippen molar-refractivity contribution in [3.05, 3.63) is 45.7 Å². The van der Waals surface area contributed by atoms with E-state index in [9.17, 15) is 9.59 Å². The number of nitrogens with two attached hydrogens (primary N) is 1. The number of halogens is 1. The van der Waals surface area contributed by atoms with Crippen LogP contribution in [0.2, 0.25) is 0 Å². The normalized spacial score (nSPS) is 19.1. The molecule has 0 bridgehead atoms. The highest BCUT2D eigenvalue weighted by Gasteiger charge is 2.49. The molecule has 11 heteroatoms. The maximum Gasteiger partial charge on any atom is 0.408 e. The Labute approximate surface area is 211 Å². The number of ether oxygens (including phenoxy) is 1. The van der Waals surface area contributed by atoms with Crippen LogP contribution in [0.4, 0.5) is 10.6 Å². The number of amides is 2. The molecule has 10 nitrogen and oxygen atoms in total. The lowest BCUT2D eigenvalue weighted by molar-refractivity contribution is 0.0428. The van der Waals surface area contributed by atoms with Crippen molar-refractivity contribution in [3.8, 4) is 0 Å². The molecule has 0 saturated carbocycles. The van der Waals surface area contributed by atoms with Gasteiger partial charge in [0.2, 0.25) is 5.65 Å². The number of primary amides is 1. The molecule has 1 aromatic carbocycles. The SMILES string of the molecule is CC(C)(C)OC(=O)N[C@@H]1c2ccccc2CC12CCN(c1nc3n[nH]c(C(N)=O)c3nc1Br)CC2. The van der Waals surface area contributed by atoms with Crippen LogP contribution in [0, 0.1) is 5.41 Å². The number of nitrogens with zero attached hydrogens (tertiary/aromatic N) is 4. The number of carbonyl (C=O) groups excluding carboxylic acids is 2. The summed E-state index contributed by atoms with van der Waals surface area (Å²) in [5.41, 5.74) is 7.95. The first kappa shape index (κ1) is 23.5. The number of carbonyl (C=O) groups is 2. The number of hydrogen-bond donors (Lipinski definition) is 3. The third kappa shape index (κ3) is 4.33. The number of rotatable bonds is 3. The molecule has 1 spiro atoms. The van der Waals surface area contributed by atoms with Gasteiger partial charge in [-0.25, -0.2) is 14.8 Å². The summed E-state index contributed by atoms with van der Waals surface area (Å²) in [6.07, 6.45) is 2.19. The Morgan fingerprint density at radius 1 is 1.23 bits per heavy atom. The molecule has 2 amide bonds. The summed E-state index contributed by atoms with van der Waals surface area (Å²) in [6.45, 7) is 7.05. The maximum absolute atomic E-state index is 12.7. The van der Waals surface area contributed by atoms with Gasteiger partial charge in [-0.3, -0.25) is 9.89 Å². The average molecular weight is 542 g/mol. The molecule has 3 aromatic rings. The van der Waals surface area contributed by atoms with E-state index >= 15 is 0 Å². The molecule has 184 valence electrons. The Morgan fingerprint density at radius 3 is 2.63 bits per heavy atom. The van der Waals surface area contributed by atoms with E-state index in [1.165, 1.54) is 5.56 Å². The highest BCUT2D eigenvalue weighted by atomic mass is 79.9. The molecule has 1 atom stereocenters. The zero-order valence-corrected chi connectivity index (χ0v) is 21.5. The lowest BCUT2D eigenvalue weighted by Gasteiger charge is -2.44. The summed E-state index contributed by atoms with van der Waals surface area (Å²) in [5.74, 6) is 0.0349. The van der Waals surface area contributed by atoms with Crippen LogP contribution in [-0.2, 0) is 11.2 Å². The molecule has 2 aliphatic rings. The Hall–Kier alpha value is -3.21. The minimum Gasteiger partial charge on any atom is -0.444 e. The van der Waals surface area contributed by atoms with Crippen molar-refractivity contribution in [2.24, 2.45) is 11.1 Å². The van der Waals surface area contributed by atoms with Crippen molar-refractivity contribution in [3.63, 3.8) is 0 Å². The third-order valence-electron chi connectivity index (χ3n) is 6.82. The molecule has 4 N–H and O–H groups in total. The predicted molar refractivity (Wildman–Crippen MR) is 134 cm³/mol. The van der Waals surface area contributed by atoms with Crippen LogP contribution in [0.25, 0.3) is 11.2 Å². The van der Waals surface area contributed by atoms with Gasteiger partial charge in [0.25, 0.3) is 5.91 Å². The first-order valence-electron chi connectivity index (χ1n) is 11.6. The summed E-state index contributed by atoms with van der Waals surface area (Å²) in [5, 5.41) is 9.90. The Kier molecular flexibility index (Phi) is 5.70. The summed E-state index contributed by atoms with van der Waals surface area (Å²) in [4.78, 5) is 35.6. The predicted octanol–water partition coefficient (Wildman–Crippen LogP) is 3.62. The minimum atomic E-state index is -0.634. The highest BCUT2D eigenvalue weighted by molar-refractivity contribution is 9.10. The fraction of sp³-hybridized carbons (Fsp3) is 0.458. The van der Waals surface area contributed by atoms with Gasteiger partial charge in [-0.15, -0.1) is 0 Å². The smallest absolute Gasteiger partial charge is 0.408 e. The molecule has 2 aromatic heterocycles. The summed E-state index contributed by atoms with van der Waals surface area (Å²) < 4.78 is 6.12. The van der Waals surface area contributed by atoms with E-state index < -0.39 is 17.6 Å². The number of alkyl carbamates (subject to hydrolysis) is 1. The van der Waals surface area contributed by atoms with Gasteiger partial charge in [0.1, 0.15) is 15.7 Å². The number of aromatic amines is 1. The van der Waals surface area contributed by atoms with Crippen LogP contribution >= 0.6 is 15.9 Å². The van der Waals surface area contributed by atoms with Gasteiger partial charge < -0.3 is 20.7 Å². The fourth-order valence-electron chi connectivity index (χ4n) is 5.25.